The summed E-state index contributed by atoms with van der Waals surface area (Å²) in [7, 11) is 1.36. The van der Waals surface area contributed by atoms with Crippen molar-refractivity contribution in [2.75, 3.05) is 13.7 Å². The molecule has 3 amide bonds. The van der Waals surface area contributed by atoms with Gasteiger partial charge < -0.3 is 9.30 Å². The number of aromatic nitrogens is 2. The van der Waals surface area contributed by atoms with Gasteiger partial charge in [-0.2, -0.15) is 0 Å². The second kappa shape index (κ2) is 14.8. The predicted octanol–water partition coefficient (Wildman–Crippen LogP) is 6.74. The van der Waals surface area contributed by atoms with Crippen LogP contribution in [0.25, 0.3) is 6.08 Å². The van der Waals surface area contributed by atoms with Crippen LogP contribution in [0.5, 0.6) is 0 Å². The standard InChI is InChI=1S/C31H35ClN4O4.ClH/c1-4-6-8-28-33-19-26(35(28)20-22-9-13-24(14-10-22)30(38)40-3)18-27-29(37)34(17-7-5-2)31(39)36(27)21-23-11-15-25(32)16-12-23;/h9-16,18-19H,4-8,17,20-21H2,1-3H3;1H. The average Bonchev–Trinajstić information content (AvgIpc) is 3.44. The molecule has 0 spiro atoms. The van der Waals surface area contributed by atoms with E-state index < -0.39 is 0 Å². The first kappa shape index (κ1) is 31.9. The number of unbranched alkanes of at least 4 members (excludes halogenated alkanes) is 2. The van der Waals surface area contributed by atoms with E-state index in [4.69, 9.17) is 16.3 Å². The number of esters is 1. The molecule has 2 heterocycles. The molecule has 0 saturated carbocycles. The maximum atomic E-state index is 13.6. The highest BCUT2D eigenvalue weighted by molar-refractivity contribution is 6.30. The normalized spacial score (nSPS) is 14.1. The van der Waals surface area contributed by atoms with Gasteiger partial charge in [-0.05, 0) is 54.3 Å². The van der Waals surface area contributed by atoms with Gasteiger partial charge in [-0.3, -0.25) is 14.6 Å². The number of halogens is 2. The average molecular weight is 600 g/mol. The Labute approximate surface area is 252 Å². The second-order valence-corrected chi connectivity index (χ2v) is 10.2. The van der Waals surface area contributed by atoms with Crippen molar-refractivity contribution < 1.29 is 19.1 Å². The number of ether oxygens (including phenoxy) is 1. The van der Waals surface area contributed by atoms with E-state index in [1.807, 2.05) is 31.2 Å². The van der Waals surface area contributed by atoms with Gasteiger partial charge in [0, 0.05) is 24.5 Å². The highest BCUT2D eigenvalue weighted by Crippen LogP contribution is 2.27. The van der Waals surface area contributed by atoms with Crippen molar-refractivity contribution in [3.8, 4) is 0 Å². The number of imidazole rings is 1. The van der Waals surface area contributed by atoms with Crippen LogP contribution in [0, 0.1) is 0 Å². The first-order valence-corrected chi connectivity index (χ1v) is 14.0. The lowest BCUT2D eigenvalue weighted by molar-refractivity contribution is -0.123. The predicted molar refractivity (Wildman–Crippen MR) is 162 cm³/mol. The topological polar surface area (TPSA) is 84.7 Å². The summed E-state index contributed by atoms with van der Waals surface area (Å²) in [5.41, 5.74) is 3.37. The molecule has 218 valence electrons. The van der Waals surface area contributed by atoms with Gasteiger partial charge in [0.25, 0.3) is 5.91 Å². The smallest absolute Gasteiger partial charge is 0.337 e. The van der Waals surface area contributed by atoms with Crippen LogP contribution in [0.15, 0.2) is 60.4 Å². The monoisotopic (exact) mass is 598 g/mol. The van der Waals surface area contributed by atoms with Crippen molar-refractivity contribution in [1.82, 2.24) is 19.4 Å². The Morgan fingerprint density at radius 1 is 0.927 bits per heavy atom. The summed E-state index contributed by atoms with van der Waals surface area (Å²) in [6.45, 7) is 5.28. The molecular weight excluding hydrogens is 563 g/mol. The molecule has 10 heteroatoms. The second-order valence-electron chi connectivity index (χ2n) is 9.81. The molecule has 4 rings (SSSR count). The number of hydrogen-bond donors (Lipinski definition) is 0. The van der Waals surface area contributed by atoms with E-state index in [1.165, 1.54) is 16.9 Å². The number of benzene rings is 2. The fourth-order valence-corrected chi connectivity index (χ4v) is 4.74. The summed E-state index contributed by atoms with van der Waals surface area (Å²) in [5, 5.41) is 0.607. The number of hydrogen-bond acceptors (Lipinski definition) is 5. The summed E-state index contributed by atoms with van der Waals surface area (Å²) in [4.78, 5) is 46.4. The summed E-state index contributed by atoms with van der Waals surface area (Å²) in [6, 6.07) is 14.2. The van der Waals surface area contributed by atoms with Crippen molar-refractivity contribution >= 4 is 48.0 Å². The zero-order valence-corrected chi connectivity index (χ0v) is 25.2. The summed E-state index contributed by atoms with van der Waals surface area (Å²) < 4.78 is 6.88. The Hall–Kier alpha value is -3.62. The largest absolute Gasteiger partial charge is 0.465 e. The van der Waals surface area contributed by atoms with Gasteiger partial charge in [0.05, 0.1) is 31.1 Å². The Morgan fingerprint density at radius 3 is 2.20 bits per heavy atom. The Morgan fingerprint density at radius 2 is 1.56 bits per heavy atom. The third-order valence-corrected chi connectivity index (χ3v) is 7.18. The quantitative estimate of drug-likeness (QED) is 0.131. The highest BCUT2D eigenvalue weighted by Gasteiger charge is 2.40. The van der Waals surface area contributed by atoms with Crippen LogP contribution in [0.3, 0.4) is 0 Å². The van der Waals surface area contributed by atoms with Crippen molar-refractivity contribution in [3.63, 3.8) is 0 Å². The van der Waals surface area contributed by atoms with Gasteiger partial charge in [0.15, 0.2) is 0 Å². The number of amides is 3. The molecule has 0 radical (unpaired) electrons. The molecule has 0 unspecified atom stereocenters. The first-order valence-electron chi connectivity index (χ1n) is 13.7. The van der Waals surface area contributed by atoms with Crippen molar-refractivity contribution in [3.05, 3.63) is 93.7 Å². The number of carbonyl (C=O) groups is 3. The molecule has 1 aliphatic rings. The summed E-state index contributed by atoms with van der Waals surface area (Å²) >= 11 is 6.06. The minimum Gasteiger partial charge on any atom is -0.465 e. The Bertz CT molecular complexity index is 1380. The molecule has 8 nitrogen and oxygen atoms in total. The molecule has 1 aliphatic heterocycles. The minimum absolute atomic E-state index is 0. The molecule has 0 aliphatic carbocycles. The first-order chi connectivity index (χ1) is 19.4. The van der Waals surface area contributed by atoms with Gasteiger partial charge in [-0.1, -0.05) is 62.6 Å². The van der Waals surface area contributed by atoms with Gasteiger partial charge in [0.1, 0.15) is 11.5 Å². The van der Waals surface area contributed by atoms with Crippen LogP contribution in [-0.4, -0.2) is 50.9 Å². The Kier molecular flexibility index (Phi) is 11.6. The number of aryl methyl sites for hydroxylation is 1. The molecular formula is C31H36Cl2N4O4. The van der Waals surface area contributed by atoms with Gasteiger partial charge >= 0.3 is 12.0 Å². The lowest BCUT2D eigenvalue weighted by Gasteiger charge is -2.18. The molecule has 41 heavy (non-hydrogen) atoms. The molecule has 2 aromatic carbocycles. The highest BCUT2D eigenvalue weighted by atomic mass is 35.5. The Balaban J connectivity index is 0.00000462. The number of rotatable bonds is 12. The maximum absolute atomic E-state index is 13.6. The van der Waals surface area contributed by atoms with E-state index >= 15 is 0 Å². The molecule has 1 fully saturated rings. The molecule has 0 N–H and O–H groups in total. The lowest BCUT2D eigenvalue weighted by Crippen LogP contribution is -2.33. The molecule has 0 bridgehead atoms. The van der Waals surface area contributed by atoms with Gasteiger partial charge in [-0.15, -0.1) is 12.4 Å². The molecule has 1 saturated heterocycles. The van der Waals surface area contributed by atoms with Gasteiger partial charge in [-0.25, -0.2) is 14.6 Å². The van der Waals surface area contributed by atoms with Crippen molar-refractivity contribution in [1.29, 1.82) is 0 Å². The zero-order valence-electron chi connectivity index (χ0n) is 23.6. The SMILES string of the molecule is CCCCc1ncc(C=C2C(=O)N(CCCC)C(=O)N2Cc2ccc(Cl)cc2)n1Cc1ccc(C(=O)OC)cc1.Cl. The van der Waals surface area contributed by atoms with E-state index in [9.17, 15) is 14.4 Å². The van der Waals surface area contributed by atoms with E-state index in [0.29, 0.717) is 29.4 Å². The fraction of sp³-hybridized carbons (Fsp3) is 0.355. The maximum Gasteiger partial charge on any atom is 0.337 e. The summed E-state index contributed by atoms with van der Waals surface area (Å²) in [5.74, 6) is 0.202. The fourth-order valence-electron chi connectivity index (χ4n) is 4.62. The van der Waals surface area contributed by atoms with Crippen molar-refractivity contribution in [2.24, 2.45) is 0 Å². The number of nitrogens with zero attached hydrogens (tertiary/aromatic N) is 4. The van der Waals surface area contributed by atoms with Crippen LogP contribution < -0.4 is 0 Å². The van der Waals surface area contributed by atoms with E-state index in [2.05, 4.69) is 16.5 Å². The summed E-state index contributed by atoms with van der Waals surface area (Å²) in [6.07, 6.45) is 7.91. The number of urea groups is 1. The zero-order chi connectivity index (χ0) is 28.6. The van der Waals surface area contributed by atoms with Crippen LogP contribution in [0.1, 0.15) is 72.5 Å². The van der Waals surface area contributed by atoms with E-state index in [0.717, 1.165) is 54.7 Å². The van der Waals surface area contributed by atoms with Crippen LogP contribution >= 0.6 is 24.0 Å². The molecule has 0 atom stereocenters. The number of methoxy groups -OCH3 is 1. The van der Waals surface area contributed by atoms with Crippen LogP contribution in [0.2, 0.25) is 5.02 Å². The van der Waals surface area contributed by atoms with Crippen LogP contribution in [0.4, 0.5) is 4.79 Å². The van der Waals surface area contributed by atoms with E-state index in [-0.39, 0.29) is 36.9 Å². The molecule has 1 aromatic heterocycles. The molecule has 3 aromatic rings. The van der Waals surface area contributed by atoms with Crippen molar-refractivity contribution in [2.45, 2.75) is 59.0 Å². The number of imide groups is 1. The lowest BCUT2D eigenvalue weighted by atomic mass is 10.1. The minimum atomic E-state index is -0.388. The van der Waals surface area contributed by atoms with E-state index in [1.54, 1.807) is 36.5 Å². The van der Waals surface area contributed by atoms with Crippen LogP contribution in [-0.2, 0) is 29.0 Å². The number of carbonyl (C=O) groups excluding carboxylic acids is 3. The third kappa shape index (κ3) is 7.57. The third-order valence-electron chi connectivity index (χ3n) is 6.93. The van der Waals surface area contributed by atoms with Gasteiger partial charge in [0.2, 0.25) is 0 Å².